The van der Waals surface area contributed by atoms with Gasteiger partial charge in [0.1, 0.15) is 0 Å². The van der Waals surface area contributed by atoms with Crippen molar-refractivity contribution in [2.24, 2.45) is 14.1 Å². The van der Waals surface area contributed by atoms with Gasteiger partial charge in [0.2, 0.25) is 0 Å². The summed E-state index contributed by atoms with van der Waals surface area (Å²) in [5, 5.41) is 4.23. The summed E-state index contributed by atoms with van der Waals surface area (Å²) in [4.78, 5) is 6.94. The van der Waals surface area contributed by atoms with Gasteiger partial charge in [0.05, 0.1) is 24.8 Å². The zero-order valence-corrected chi connectivity index (χ0v) is 12.3. The van der Waals surface area contributed by atoms with Gasteiger partial charge >= 0.3 is 0 Å². The summed E-state index contributed by atoms with van der Waals surface area (Å²) < 4.78 is 9.35. The summed E-state index contributed by atoms with van der Waals surface area (Å²) in [7, 11) is 5.77. The minimum Gasteiger partial charge on any atom is -0.384 e. The molecule has 0 amide bonds. The number of aromatic nitrogens is 4. The van der Waals surface area contributed by atoms with E-state index in [0.29, 0.717) is 5.92 Å². The van der Waals surface area contributed by atoms with Crippen molar-refractivity contribution in [2.75, 3.05) is 20.3 Å². The molecule has 1 aliphatic heterocycles. The second-order valence-electron chi connectivity index (χ2n) is 5.53. The van der Waals surface area contributed by atoms with Crippen LogP contribution in [0.4, 0.5) is 0 Å². The standard InChI is InChI=1S/C14H21N5O/c1-17-10-15-13-8-19(6-11-4-16-18(2)5-11)7-12(9-20-3)14(13)17/h4-5,10,12H,6-9H2,1-3H3. The van der Waals surface area contributed by atoms with Crippen molar-refractivity contribution in [3.05, 3.63) is 35.7 Å². The first-order valence-electron chi connectivity index (χ1n) is 6.86. The molecule has 6 nitrogen and oxygen atoms in total. The molecule has 0 aliphatic carbocycles. The molecule has 0 bridgehead atoms. The lowest BCUT2D eigenvalue weighted by atomic mass is 9.98. The van der Waals surface area contributed by atoms with E-state index in [-0.39, 0.29) is 0 Å². The molecule has 0 spiro atoms. The number of nitrogens with zero attached hydrogens (tertiary/aromatic N) is 5. The van der Waals surface area contributed by atoms with Gasteiger partial charge in [-0.1, -0.05) is 0 Å². The van der Waals surface area contributed by atoms with E-state index in [4.69, 9.17) is 4.74 Å². The van der Waals surface area contributed by atoms with Crippen LogP contribution in [0.15, 0.2) is 18.7 Å². The number of imidazole rings is 1. The first-order chi connectivity index (χ1) is 9.67. The van der Waals surface area contributed by atoms with E-state index in [2.05, 4.69) is 32.8 Å². The molecule has 0 saturated carbocycles. The molecular weight excluding hydrogens is 254 g/mol. The second-order valence-corrected chi connectivity index (χ2v) is 5.53. The van der Waals surface area contributed by atoms with Crippen LogP contribution < -0.4 is 0 Å². The molecule has 108 valence electrons. The van der Waals surface area contributed by atoms with Crippen LogP contribution in [0.25, 0.3) is 0 Å². The summed E-state index contributed by atoms with van der Waals surface area (Å²) in [5.74, 6) is 0.382. The average molecular weight is 275 g/mol. The van der Waals surface area contributed by atoms with E-state index in [0.717, 1.165) is 26.2 Å². The summed E-state index contributed by atoms with van der Waals surface area (Å²) in [6.07, 6.45) is 5.90. The topological polar surface area (TPSA) is 48.1 Å². The van der Waals surface area contributed by atoms with Crippen LogP contribution in [-0.4, -0.2) is 44.5 Å². The number of ether oxygens (including phenoxy) is 1. The highest BCUT2D eigenvalue weighted by Crippen LogP contribution is 2.28. The fourth-order valence-electron chi connectivity index (χ4n) is 3.07. The monoisotopic (exact) mass is 275 g/mol. The van der Waals surface area contributed by atoms with Crippen LogP contribution in [0, 0.1) is 0 Å². The third-order valence-electron chi connectivity index (χ3n) is 3.83. The van der Waals surface area contributed by atoms with E-state index in [1.54, 1.807) is 7.11 Å². The van der Waals surface area contributed by atoms with Crippen molar-refractivity contribution in [3.8, 4) is 0 Å². The molecular formula is C14H21N5O. The Kier molecular flexibility index (Phi) is 3.58. The Hall–Kier alpha value is -1.66. The number of hydrogen-bond donors (Lipinski definition) is 0. The average Bonchev–Trinajstić information content (AvgIpc) is 2.97. The molecule has 0 radical (unpaired) electrons. The van der Waals surface area contributed by atoms with E-state index >= 15 is 0 Å². The number of hydrogen-bond acceptors (Lipinski definition) is 4. The van der Waals surface area contributed by atoms with Crippen molar-refractivity contribution in [2.45, 2.75) is 19.0 Å². The normalized spacial score (nSPS) is 19.2. The lowest BCUT2D eigenvalue weighted by Gasteiger charge is -2.32. The van der Waals surface area contributed by atoms with Crippen molar-refractivity contribution in [1.82, 2.24) is 24.2 Å². The molecule has 3 rings (SSSR count). The van der Waals surface area contributed by atoms with Crippen molar-refractivity contribution < 1.29 is 4.74 Å². The van der Waals surface area contributed by atoms with Gasteiger partial charge in [0, 0.05) is 64.2 Å². The van der Waals surface area contributed by atoms with Gasteiger partial charge in [-0.2, -0.15) is 5.10 Å². The minimum atomic E-state index is 0.382. The van der Waals surface area contributed by atoms with Gasteiger partial charge in [0.25, 0.3) is 0 Å². The highest BCUT2D eigenvalue weighted by molar-refractivity contribution is 5.22. The van der Waals surface area contributed by atoms with E-state index in [1.807, 2.05) is 24.3 Å². The van der Waals surface area contributed by atoms with E-state index in [1.165, 1.54) is 17.0 Å². The second kappa shape index (κ2) is 5.38. The molecule has 6 heteroatoms. The SMILES string of the molecule is COCC1CN(Cc2cnn(C)c2)Cc2ncn(C)c21. The van der Waals surface area contributed by atoms with Gasteiger partial charge in [-0.3, -0.25) is 9.58 Å². The molecule has 2 aromatic heterocycles. The Labute approximate surface area is 119 Å². The third-order valence-corrected chi connectivity index (χ3v) is 3.83. The van der Waals surface area contributed by atoms with Gasteiger partial charge in [0.15, 0.2) is 0 Å². The third kappa shape index (κ3) is 2.48. The molecule has 1 atom stereocenters. The molecule has 0 fully saturated rings. The molecule has 1 aliphatic rings. The number of aryl methyl sites for hydroxylation is 2. The van der Waals surface area contributed by atoms with Gasteiger partial charge in [-0.05, 0) is 0 Å². The first kappa shape index (κ1) is 13.3. The number of methoxy groups -OCH3 is 1. The summed E-state index contributed by atoms with van der Waals surface area (Å²) in [5.41, 5.74) is 3.72. The quantitative estimate of drug-likeness (QED) is 0.832. The molecule has 0 aromatic carbocycles. The predicted octanol–water partition coefficient (Wildman–Crippen LogP) is 0.899. The van der Waals surface area contributed by atoms with Crippen LogP contribution in [0.2, 0.25) is 0 Å². The Morgan fingerprint density at radius 3 is 2.95 bits per heavy atom. The molecule has 1 unspecified atom stereocenters. The highest BCUT2D eigenvalue weighted by Gasteiger charge is 2.28. The van der Waals surface area contributed by atoms with Gasteiger partial charge in [-0.15, -0.1) is 0 Å². The Morgan fingerprint density at radius 2 is 2.25 bits per heavy atom. The Balaban J connectivity index is 1.79. The molecule has 0 N–H and O–H groups in total. The maximum atomic E-state index is 5.38. The molecule has 20 heavy (non-hydrogen) atoms. The zero-order chi connectivity index (χ0) is 14.1. The van der Waals surface area contributed by atoms with Crippen molar-refractivity contribution in [3.63, 3.8) is 0 Å². The van der Waals surface area contributed by atoms with Crippen molar-refractivity contribution in [1.29, 1.82) is 0 Å². The van der Waals surface area contributed by atoms with E-state index < -0.39 is 0 Å². The fraction of sp³-hybridized carbons (Fsp3) is 0.571. The van der Waals surface area contributed by atoms with Gasteiger partial charge < -0.3 is 9.30 Å². The van der Waals surface area contributed by atoms with Crippen LogP contribution in [-0.2, 0) is 31.9 Å². The minimum absolute atomic E-state index is 0.382. The Morgan fingerprint density at radius 1 is 1.40 bits per heavy atom. The smallest absolute Gasteiger partial charge is 0.0949 e. The maximum absolute atomic E-state index is 5.38. The van der Waals surface area contributed by atoms with Crippen molar-refractivity contribution >= 4 is 0 Å². The summed E-state index contributed by atoms with van der Waals surface area (Å²) >= 11 is 0. The zero-order valence-electron chi connectivity index (χ0n) is 12.3. The number of rotatable bonds is 4. The van der Waals surface area contributed by atoms with Crippen LogP contribution in [0.1, 0.15) is 22.9 Å². The summed E-state index contributed by atoms with van der Waals surface area (Å²) in [6, 6.07) is 0. The van der Waals surface area contributed by atoms with E-state index in [9.17, 15) is 0 Å². The molecule has 3 heterocycles. The molecule has 0 saturated heterocycles. The van der Waals surface area contributed by atoms with Gasteiger partial charge in [-0.25, -0.2) is 4.98 Å². The van der Waals surface area contributed by atoms with Crippen LogP contribution >= 0.6 is 0 Å². The lowest BCUT2D eigenvalue weighted by molar-refractivity contribution is 0.132. The first-order valence-corrected chi connectivity index (χ1v) is 6.86. The fourth-order valence-corrected chi connectivity index (χ4v) is 3.07. The van der Waals surface area contributed by atoms with Crippen LogP contribution in [0.5, 0.6) is 0 Å². The van der Waals surface area contributed by atoms with Crippen LogP contribution in [0.3, 0.4) is 0 Å². The highest BCUT2D eigenvalue weighted by atomic mass is 16.5. The lowest BCUT2D eigenvalue weighted by Crippen LogP contribution is -2.35. The summed E-state index contributed by atoms with van der Waals surface area (Å²) in [6.45, 7) is 3.53. The largest absolute Gasteiger partial charge is 0.384 e. The maximum Gasteiger partial charge on any atom is 0.0949 e. The Bertz CT molecular complexity index is 588. The predicted molar refractivity (Wildman–Crippen MR) is 75.1 cm³/mol. The molecule has 2 aromatic rings. The number of fused-ring (bicyclic) bond motifs is 1.